The van der Waals surface area contributed by atoms with Crippen molar-refractivity contribution in [3.05, 3.63) is 24.2 Å². The van der Waals surface area contributed by atoms with Gasteiger partial charge in [0.05, 0.1) is 29.3 Å². The van der Waals surface area contributed by atoms with E-state index in [0.717, 1.165) is 0 Å². The first kappa shape index (κ1) is 19.4. The monoisotopic (exact) mass is 397 g/mol. The van der Waals surface area contributed by atoms with E-state index < -0.39 is 21.8 Å². The van der Waals surface area contributed by atoms with E-state index in [1.54, 1.807) is 16.7 Å². The quantitative estimate of drug-likeness (QED) is 0.732. The number of nitrogens with zero attached hydrogens (tertiary/aromatic N) is 2. The van der Waals surface area contributed by atoms with Gasteiger partial charge in [0.25, 0.3) is 5.91 Å². The van der Waals surface area contributed by atoms with Crippen molar-refractivity contribution < 1.29 is 27.2 Å². The molecule has 2 aliphatic rings. The molecule has 0 radical (unpaired) electrons. The molecule has 1 N–H and O–H groups in total. The van der Waals surface area contributed by atoms with Crippen molar-refractivity contribution in [2.24, 2.45) is 5.92 Å². The predicted molar refractivity (Wildman–Crippen MR) is 95.6 cm³/mol. The normalized spacial score (nSPS) is 23.1. The van der Waals surface area contributed by atoms with Crippen LogP contribution in [0.1, 0.15) is 23.7 Å². The number of hydrogen-bond donors (Lipinski definition) is 1. The molecule has 3 heterocycles. The number of carbonyl (C=O) groups excluding carboxylic acids is 3. The summed E-state index contributed by atoms with van der Waals surface area (Å²) in [5, 5.41) is 2.63. The largest absolute Gasteiger partial charge is 0.472 e. The van der Waals surface area contributed by atoms with Gasteiger partial charge in [0.15, 0.2) is 9.84 Å². The van der Waals surface area contributed by atoms with Crippen molar-refractivity contribution in [2.75, 3.05) is 37.7 Å². The fourth-order valence-corrected chi connectivity index (χ4v) is 5.14. The maximum Gasteiger partial charge on any atom is 0.255 e. The highest BCUT2D eigenvalue weighted by Gasteiger charge is 2.37. The van der Waals surface area contributed by atoms with Gasteiger partial charge in [-0.2, -0.15) is 0 Å². The molecule has 2 fully saturated rings. The molecule has 10 heteroatoms. The average molecular weight is 397 g/mol. The molecular weight excluding hydrogens is 374 g/mol. The summed E-state index contributed by atoms with van der Waals surface area (Å²) < 4.78 is 28.0. The lowest BCUT2D eigenvalue weighted by atomic mass is 10.1. The molecule has 2 atom stereocenters. The van der Waals surface area contributed by atoms with E-state index in [2.05, 4.69) is 5.32 Å². The second-order valence-corrected chi connectivity index (χ2v) is 9.19. The van der Waals surface area contributed by atoms with Crippen LogP contribution in [0.15, 0.2) is 23.0 Å². The minimum atomic E-state index is -3.10. The number of furan rings is 1. The van der Waals surface area contributed by atoms with E-state index in [1.165, 1.54) is 18.6 Å². The topological polar surface area (TPSA) is 117 Å². The van der Waals surface area contributed by atoms with Crippen molar-refractivity contribution in [3.8, 4) is 0 Å². The average Bonchev–Trinajstić information content (AvgIpc) is 3.30. The molecule has 0 spiro atoms. The van der Waals surface area contributed by atoms with Crippen LogP contribution in [0, 0.1) is 5.92 Å². The minimum absolute atomic E-state index is 0.0652. The Hall–Kier alpha value is -2.36. The number of rotatable bonds is 4. The Kier molecular flexibility index (Phi) is 5.54. The smallest absolute Gasteiger partial charge is 0.255 e. The van der Waals surface area contributed by atoms with Gasteiger partial charge in [0.2, 0.25) is 11.8 Å². The van der Waals surface area contributed by atoms with Crippen LogP contribution in [0.4, 0.5) is 0 Å². The summed E-state index contributed by atoms with van der Waals surface area (Å²) in [6.45, 7) is 3.06. The van der Waals surface area contributed by atoms with Crippen molar-refractivity contribution in [1.29, 1.82) is 0 Å². The number of nitrogens with one attached hydrogen (secondary N) is 1. The van der Waals surface area contributed by atoms with Crippen LogP contribution in [-0.4, -0.2) is 79.7 Å². The Balaban J connectivity index is 1.49. The number of amides is 3. The van der Waals surface area contributed by atoms with E-state index >= 15 is 0 Å². The zero-order chi connectivity index (χ0) is 19.6. The molecule has 2 saturated heterocycles. The summed E-state index contributed by atoms with van der Waals surface area (Å²) in [4.78, 5) is 40.2. The summed E-state index contributed by atoms with van der Waals surface area (Å²) in [7, 11) is -3.10. The first-order valence-electron chi connectivity index (χ1n) is 8.88. The molecule has 0 bridgehead atoms. The fourth-order valence-electron chi connectivity index (χ4n) is 3.40. The molecule has 148 valence electrons. The summed E-state index contributed by atoms with van der Waals surface area (Å²) in [5.41, 5.74) is 0.344. The lowest BCUT2D eigenvalue weighted by Crippen LogP contribution is -2.55. The van der Waals surface area contributed by atoms with E-state index in [-0.39, 0.29) is 29.2 Å². The zero-order valence-corrected chi connectivity index (χ0v) is 15.9. The van der Waals surface area contributed by atoms with E-state index in [0.29, 0.717) is 38.2 Å². The number of piperazine rings is 1. The Bertz CT molecular complexity index is 812. The van der Waals surface area contributed by atoms with Gasteiger partial charge in [-0.05, 0) is 19.4 Å². The number of sulfone groups is 1. The maximum atomic E-state index is 12.5. The van der Waals surface area contributed by atoms with Crippen LogP contribution in [0.2, 0.25) is 0 Å². The van der Waals surface area contributed by atoms with Crippen molar-refractivity contribution >= 4 is 27.6 Å². The van der Waals surface area contributed by atoms with Crippen molar-refractivity contribution in [3.63, 3.8) is 0 Å². The highest BCUT2D eigenvalue weighted by atomic mass is 32.2. The Morgan fingerprint density at radius 2 is 1.85 bits per heavy atom. The number of hydrogen-bond acceptors (Lipinski definition) is 6. The van der Waals surface area contributed by atoms with Crippen molar-refractivity contribution in [1.82, 2.24) is 15.1 Å². The Morgan fingerprint density at radius 3 is 2.41 bits per heavy atom. The van der Waals surface area contributed by atoms with Gasteiger partial charge in [-0.15, -0.1) is 0 Å². The van der Waals surface area contributed by atoms with E-state index in [4.69, 9.17) is 4.42 Å². The molecule has 3 rings (SSSR count). The third-order valence-electron chi connectivity index (χ3n) is 4.99. The summed E-state index contributed by atoms with van der Waals surface area (Å²) in [6, 6.07) is 0.815. The Morgan fingerprint density at radius 1 is 1.19 bits per heavy atom. The third-order valence-corrected chi connectivity index (χ3v) is 6.75. The van der Waals surface area contributed by atoms with Crippen LogP contribution in [0.5, 0.6) is 0 Å². The van der Waals surface area contributed by atoms with E-state index in [1.807, 2.05) is 0 Å². The predicted octanol–water partition coefficient (Wildman–Crippen LogP) is -0.497. The molecule has 27 heavy (non-hydrogen) atoms. The molecule has 9 nitrogen and oxygen atoms in total. The van der Waals surface area contributed by atoms with Crippen LogP contribution in [-0.2, 0) is 19.4 Å². The van der Waals surface area contributed by atoms with Gasteiger partial charge in [-0.25, -0.2) is 8.42 Å². The first-order chi connectivity index (χ1) is 12.8. The molecule has 0 saturated carbocycles. The van der Waals surface area contributed by atoms with Gasteiger partial charge < -0.3 is 19.5 Å². The molecule has 0 aromatic carbocycles. The molecular formula is C17H23N3O6S. The molecule has 0 aliphatic carbocycles. The molecule has 1 aromatic rings. The standard InChI is InChI=1S/C17H23N3O6S/c1-12(18-15(21)13-2-8-26-10-13)16(22)19-4-6-20(7-5-19)17(23)14-3-9-27(24,25)11-14/h2,8,10,12,14H,3-7,9,11H2,1H3,(H,18,21). The van der Waals surface area contributed by atoms with Gasteiger partial charge >= 0.3 is 0 Å². The van der Waals surface area contributed by atoms with Gasteiger partial charge in [0, 0.05) is 26.2 Å². The van der Waals surface area contributed by atoms with E-state index in [9.17, 15) is 22.8 Å². The first-order valence-corrected chi connectivity index (χ1v) is 10.7. The van der Waals surface area contributed by atoms with Gasteiger partial charge in [0.1, 0.15) is 12.3 Å². The zero-order valence-electron chi connectivity index (χ0n) is 15.1. The van der Waals surface area contributed by atoms with Gasteiger partial charge in [-0.3, -0.25) is 14.4 Å². The molecule has 2 unspecified atom stereocenters. The minimum Gasteiger partial charge on any atom is -0.472 e. The SMILES string of the molecule is CC(NC(=O)c1ccoc1)C(=O)N1CCN(C(=O)C2CCS(=O)(=O)C2)CC1. The second kappa shape index (κ2) is 7.71. The molecule has 2 aliphatic heterocycles. The summed E-state index contributed by atoms with van der Waals surface area (Å²) in [6.07, 6.45) is 3.06. The lowest BCUT2D eigenvalue weighted by Gasteiger charge is -2.37. The lowest BCUT2D eigenvalue weighted by molar-refractivity contribution is -0.142. The highest BCUT2D eigenvalue weighted by Crippen LogP contribution is 2.21. The Labute approximate surface area is 157 Å². The number of carbonyl (C=O) groups is 3. The van der Waals surface area contributed by atoms with Crippen LogP contribution >= 0.6 is 0 Å². The molecule has 3 amide bonds. The van der Waals surface area contributed by atoms with Crippen LogP contribution in [0.3, 0.4) is 0 Å². The van der Waals surface area contributed by atoms with Crippen LogP contribution in [0.25, 0.3) is 0 Å². The highest BCUT2D eigenvalue weighted by molar-refractivity contribution is 7.91. The van der Waals surface area contributed by atoms with Crippen molar-refractivity contribution in [2.45, 2.75) is 19.4 Å². The second-order valence-electron chi connectivity index (χ2n) is 6.96. The molecule has 1 aromatic heterocycles. The summed E-state index contributed by atoms with van der Waals surface area (Å²) >= 11 is 0. The van der Waals surface area contributed by atoms with Gasteiger partial charge in [-0.1, -0.05) is 0 Å². The third kappa shape index (κ3) is 4.49. The fraction of sp³-hybridized carbons (Fsp3) is 0.588. The maximum absolute atomic E-state index is 12.5. The van der Waals surface area contributed by atoms with Crippen LogP contribution < -0.4 is 5.32 Å². The summed E-state index contributed by atoms with van der Waals surface area (Å²) in [5.74, 6) is -1.24.